The van der Waals surface area contributed by atoms with E-state index in [1.54, 1.807) is 20.8 Å². The van der Waals surface area contributed by atoms with Crippen LogP contribution in [0.25, 0.3) is 0 Å². The normalized spacial score (nSPS) is 10.6. The molecule has 0 radical (unpaired) electrons. The number of rotatable bonds is 7. The molecule has 7 nitrogen and oxygen atoms in total. The van der Waals surface area contributed by atoms with Crippen molar-refractivity contribution in [3.05, 3.63) is 0 Å². The molecule has 0 aliphatic carbocycles. The van der Waals surface area contributed by atoms with Crippen molar-refractivity contribution < 1.29 is 19.5 Å². The summed E-state index contributed by atoms with van der Waals surface area (Å²) >= 11 is 0. The van der Waals surface area contributed by atoms with Crippen LogP contribution in [0.3, 0.4) is 0 Å². The molecular formula is C11H21N3O4. The summed E-state index contributed by atoms with van der Waals surface area (Å²) in [5, 5.41) is 16.1. The lowest BCUT2D eigenvalue weighted by Gasteiger charge is -2.25. The number of nitrogens with one attached hydrogen (secondary N) is 3. The van der Waals surface area contributed by atoms with Crippen molar-refractivity contribution in [2.24, 2.45) is 0 Å². The van der Waals surface area contributed by atoms with Crippen molar-refractivity contribution in [2.45, 2.75) is 39.2 Å². The van der Waals surface area contributed by atoms with E-state index in [2.05, 4.69) is 16.0 Å². The maximum absolute atomic E-state index is 11.5. The minimum Gasteiger partial charge on any atom is -0.481 e. The SMILES string of the molecule is CCNC(=O)CNC(=O)NC(C)(C)CCC(=O)O. The highest BCUT2D eigenvalue weighted by Gasteiger charge is 2.21. The molecule has 0 rings (SSSR count). The molecule has 0 aliphatic rings. The van der Waals surface area contributed by atoms with Crippen molar-refractivity contribution >= 4 is 17.9 Å². The van der Waals surface area contributed by atoms with Crippen molar-refractivity contribution in [3.63, 3.8) is 0 Å². The molecule has 0 aromatic heterocycles. The van der Waals surface area contributed by atoms with Gasteiger partial charge in [-0.2, -0.15) is 0 Å². The number of aliphatic carboxylic acids is 1. The first-order chi connectivity index (χ1) is 8.26. The molecule has 104 valence electrons. The van der Waals surface area contributed by atoms with Crippen LogP contribution in [0.2, 0.25) is 0 Å². The summed E-state index contributed by atoms with van der Waals surface area (Å²) < 4.78 is 0. The lowest BCUT2D eigenvalue weighted by molar-refractivity contribution is -0.137. The lowest BCUT2D eigenvalue weighted by atomic mass is 9.99. The second kappa shape index (κ2) is 7.52. The van der Waals surface area contributed by atoms with Crippen LogP contribution in [-0.2, 0) is 9.59 Å². The molecule has 3 amide bonds. The van der Waals surface area contributed by atoms with Gasteiger partial charge >= 0.3 is 12.0 Å². The fraction of sp³-hybridized carbons (Fsp3) is 0.727. The van der Waals surface area contributed by atoms with Gasteiger partial charge in [-0.05, 0) is 27.2 Å². The zero-order valence-electron chi connectivity index (χ0n) is 11.0. The van der Waals surface area contributed by atoms with Gasteiger partial charge in [-0.3, -0.25) is 9.59 Å². The Morgan fingerprint density at radius 3 is 2.28 bits per heavy atom. The number of urea groups is 1. The highest BCUT2D eigenvalue weighted by Crippen LogP contribution is 2.10. The Bertz CT molecular complexity index is 315. The quantitative estimate of drug-likeness (QED) is 0.518. The average Bonchev–Trinajstić information content (AvgIpc) is 2.24. The van der Waals surface area contributed by atoms with Gasteiger partial charge in [0.25, 0.3) is 0 Å². The zero-order chi connectivity index (χ0) is 14.2. The van der Waals surface area contributed by atoms with E-state index in [-0.39, 0.29) is 18.9 Å². The van der Waals surface area contributed by atoms with Crippen molar-refractivity contribution in [1.29, 1.82) is 0 Å². The molecule has 18 heavy (non-hydrogen) atoms. The van der Waals surface area contributed by atoms with E-state index in [9.17, 15) is 14.4 Å². The average molecular weight is 259 g/mol. The maximum atomic E-state index is 11.5. The number of amides is 3. The predicted molar refractivity (Wildman–Crippen MR) is 66.2 cm³/mol. The number of hydrogen-bond donors (Lipinski definition) is 4. The van der Waals surface area contributed by atoms with E-state index in [4.69, 9.17) is 5.11 Å². The van der Waals surface area contributed by atoms with E-state index >= 15 is 0 Å². The molecule has 0 bridgehead atoms. The van der Waals surface area contributed by atoms with Crippen LogP contribution in [0.15, 0.2) is 0 Å². The molecule has 4 N–H and O–H groups in total. The summed E-state index contributed by atoms with van der Waals surface area (Å²) in [5.41, 5.74) is -0.635. The second-order valence-corrected chi connectivity index (χ2v) is 4.54. The third kappa shape index (κ3) is 8.37. The van der Waals surface area contributed by atoms with Crippen molar-refractivity contribution in [3.8, 4) is 0 Å². The number of carbonyl (C=O) groups is 3. The maximum Gasteiger partial charge on any atom is 0.315 e. The fourth-order valence-corrected chi connectivity index (χ4v) is 1.25. The molecule has 0 aliphatic heterocycles. The third-order valence-corrected chi connectivity index (χ3v) is 2.20. The summed E-state index contributed by atoms with van der Waals surface area (Å²) in [6.45, 7) is 5.64. The summed E-state index contributed by atoms with van der Waals surface area (Å²) in [5.74, 6) is -1.18. The first kappa shape index (κ1) is 16.2. The zero-order valence-corrected chi connectivity index (χ0v) is 11.0. The molecule has 0 fully saturated rings. The van der Waals surface area contributed by atoms with E-state index in [1.165, 1.54) is 0 Å². The number of likely N-dealkylation sites (N-methyl/N-ethyl adjacent to an activating group) is 1. The van der Waals surface area contributed by atoms with E-state index in [0.717, 1.165) is 0 Å². The van der Waals surface area contributed by atoms with Crippen LogP contribution in [0.5, 0.6) is 0 Å². The molecule has 7 heteroatoms. The molecule has 0 atom stereocenters. The molecular weight excluding hydrogens is 238 g/mol. The van der Waals surface area contributed by atoms with Crippen LogP contribution in [0.4, 0.5) is 4.79 Å². The highest BCUT2D eigenvalue weighted by molar-refractivity contribution is 5.84. The van der Waals surface area contributed by atoms with Gasteiger partial charge in [-0.15, -0.1) is 0 Å². The van der Waals surface area contributed by atoms with Crippen molar-refractivity contribution in [1.82, 2.24) is 16.0 Å². The molecule has 0 saturated heterocycles. The van der Waals surface area contributed by atoms with Gasteiger partial charge in [0.2, 0.25) is 5.91 Å². The molecule has 0 aromatic rings. The summed E-state index contributed by atoms with van der Waals surface area (Å²) in [4.78, 5) is 33.0. The van der Waals surface area contributed by atoms with Crippen LogP contribution in [0.1, 0.15) is 33.6 Å². The number of carbonyl (C=O) groups excluding carboxylic acids is 2. The van der Waals surface area contributed by atoms with Crippen LogP contribution >= 0.6 is 0 Å². The van der Waals surface area contributed by atoms with Gasteiger partial charge < -0.3 is 21.1 Å². The van der Waals surface area contributed by atoms with E-state index in [0.29, 0.717) is 13.0 Å². The summed E-state index contributed by atoms with van der Waals surface area (Å²) in [6.07, 6.45) is 0.292. The van der Waals surface area contributed by atoms with Gasteiger partial charge in [0.1, 0.15) is 0 Å². The van der Waals surface area contributed by atoms with Gasteiger partial charge in [-0.1, -0.05) is 0 Å². The Balaban J connectivity index is 3.98. The minimum atomic E-state index is -0.910. The first-order valence-corrected chi connectivity index (χ1v) is 5.81. The fourth-order valence-electron chi connectivity index (χ4n) is 1.25. The predicted octanol–water partition coefficient (Wildman–Crippen LogP) is 0.0651. The molecule has 0 heterocycles. The van der Waals surface area contributed by atoms with Crippen molar-refractivity contribution in [2.75, 3.05) is 13.1 Å². The minimum absolute atomic E-state index is 0.0242. The number of carboxylic acids is 1. The first-order valence-electron chi connectivity index (χ1n) is 5.81. The van der Waals surface area contributed by atoms with Crippen LogP contribution in [-0.4, -0.2) is 41.6 Å². The molecule has 0 unspecified atom stereocenters. The highest BCUT2D eigenvalue weighted by atomic mass is 16.4. The Labute approximate surface area is 106 Å². The van der Waals surface area contributed by atoms with Gasteiger partial charge in [0.05, 0.1) is 6.54 Å². The third-order valence-electron chi connectivity index (χ3n) is 2.20. The standard InChI is InChI=1S/C11H21N3O4/c1-4-12-8(15)7-13-10(18)14-11(2,3)6-5-9(16)17/h4-7H2,1-3H3,(H,12,15)(H,16,17)(H2,13,14,18). The van der Waals surface area contributed by atoms with Gasteiger partial charge in [0, 0.05) is 18.5 Å². The topological polar surface area (TPSA) is 108 Å². The number of carboxylic acid groups (broad SMARTS) is 1. The Morgan fingerprint density at radius 2 is 1.78 bits per heavy atom. The Kier molecular flexibility index (Phi) is 6.77. The Hall–Kier alpha value is -1.79. The Morgan fingerprint density at radius 1 is 1.17 bits per heavy atom. The second-order valence-electron chi connectivity index (χ2n) is 4.54. The molecule has 0 spiro atoms. The van der Waals surface area contributed by atoms with Crippen LogP contribution < -0.4 is 16.0 Å². The molecule has 0 saturated carbocycles. The smallest absolute Gasteiger partial charge is 0.315 e. The molecule has 0 aromatic carbocycles. The number of hydrogen-bond acceptors (Lipinski definition) is 3. The lowest BCUT2D eigenvalue weighted by Crippen LogP contribution is -2.50. The monoisotopic (exact) mass is 259 g/mol. The summed E-state index contributed by atoms with van der Waals surface area (Å²) in [7, 11) is 0. The van der Waals surface area contributed by atoms with E-state index in [1.807, 2.05) is 0 Å². The van der Waals surface area contributed by atoms with Crippen LogP contribution in [0, 0.1) is 0 Å². The largest absolute Gasteiger partial charge is 0.481 e. The van der Waals surface area contributed by atoms with Gasteiger partial charge in [0.15, 0.2) is 0 Å². The van der Waals surface area contributed by atoms with Gasteiger partial charge in [-0.25, -0.2) is 4.79 Å². The summed E-state index contributed by atoms with van der Waals surface area (Å²) in [6, 6.07) is -0.489. The van der Waals surface area contributed by atoms with E-state index < -0.39 is 17.5 Å².